The van der Waals surface area contributed by atoms with Crippen LogP contribution in [0, 0.1) is 0 Å². The molecule has 0 radical (unpaired) electrons. The number of rotatable bonds is 11. The van der Waals surface area contributed by atoms with Gasteiger partial charge in [0.25, 0.3) is 0 Å². The van der Waals surface area contributed by atoms with Gasteiger partial charge in [0, 0.05) is 39.1 Å². The lowest BCUT2D eigenvalue weighted by Gasteiger charge is -2.19. The molecule has 0 amide bonds. The van der Waals surface area contributed by atoms with Crippen LogP contribution in [0.25, 0.3) is 78.2 Å². The van der Waals surface area contributed by atoms with Crippen LogP contribution >= 0.6 is 23.9 Å². The third-order valence-corrected chi connectivity index (χ3v) is 13.2. The average Bonchev–Trinajstić information content (AvgIpc) is 3.28. The molecule has 9 aromatic rings. The lowest BCUT2D eigenvalue weighted by molar-refractivity contribution is 0.604. The van der Waals surface area contributed by atoms with E-state index in [9.17, 15) is 8.42 Å². The Labute approximate surface area is 351 Å². The molecule has 0 fully saturated rings. The fourth-order valence-electron chi connectivity index (χ4n) is 6.95. The van der Waals surface area contributed by atoms with Gasteiger partial charge in [0.2, 0.25) is 10.0 Å². The Balaban J connectivity index is 0.954. The van der Waals surface area contributed by atoms with Gasteiger partial charge in [0.05, 0.1) is 56.8 Å². The van der Waals surface area contributed by atoms with Crippen LogP contribution in [0.3, 0.4) is 0 Å². The largest absolute Gasteiger partial charge is 0.326 e. The Morgan fingerprint density at radius 1 is 0.458 bits per heavy atom. The van der Waals surface area contributed by atoms with Gasteiger partial charge in [-0.15, -0.1) is 0 Å². The molecule has 0 bridgehead atoms. The summed E-state index contributed by atoms with van der Waals surface area (Å²) in [5.41, 5.74) is 13.6. The fourth-order valence-corrected chi connectivity index (χ4v) is 9.49. The highest BCUT2D eigenvalue weighted by Gasteiger charge is 2.20. The van der Waals surface area contributed by atoms with Gasteiger partial charge in [-0.3, -0.25) is 0 Å². The summed E-state index contributed by atoms with van der Waals surface area (Å²) in [6.07, 6.45) is 2.93. The molecule has 288 valence electrons. The summed E-state index contributed by atoms with van der Waals surface area (Å²) in [5.74, 6) is 0. The Kier molecular flexibility index (Phi) is 10.6. The van der Waals surface area contributed by atoms with Gasteiger partial charge < -0.3 is 4.72 Å². The summed E-state index contributed by atoms with van der Waals surface area (Å²) in [6, 6.07) is 58.6. The van der Waals surface area contributed by atoms with Crippen molar-refractivity contribution in [3.8, 4) is 56.2 Å². The minimum atomic E-state index is -3.49. The maximum Gasteiger partial charge on any atom is 0.241 e. The molecule has 0 aliphatic heterocycles. The Hall–Kier alpha value is -6.53. The minimum Gasteiger partial charge on any atom is -0.326 e. The van der Waals surface area contributed by atoms with Crippen molar-refractivity contribution in [3.63, 3.8) is 0 Å². The van der Waals surface area contributed by atoms with Crippen molar-refractivity contribution in [2.24, 2.45) is 0 Å². The van der Waals surface area contributed by atoms with E-state index in [0.717, 1.165) is 84.0 Å². The topological polar surface area (TPSA) is 101 Å². The fraction of sp³-hybridized carbons (Fsp3) is 0.0417. The van der Waals surface area contributed by atoms with Crippen LogP contribution in [0.5, 0.6) is 0 Å². The average molecular weight is 825 g/mol. The Morgan fingerprint density at radius 3 is 1.34 bits per heavy atom. The van der Waals surface area contributed by atoms with E-state index >= 15 is 0 Å². The normalized spacial score (nSPS) is 11.5. The Morgan fingerprint density at radius 2 is 0.864 bits per heavy atom. The van der Waals surface area contributed by atoms with Gasteiger partial charge in [0.1, 0.15) is 0 Å². The molecule has 8 nitrogen and oxygen atoms in total. The molecule has 11 heteroatoms. The van der Waals surface area contributed by atoms with Crippen LogP contribution in [0.1, 0.15) is 0 Å². The number of nitrogens with one attached hydrogen (secondary N) is 1. The van der Waals surface area contributed by atoms with Gasteiger partial charge in [-0.1, -0.05) is 127 Å². The molecule has 2 heterocycles. The lowest BCUT2D eigenvalue weighted by atomic mass is 10.00. The molecule has 59 heavy (non-hydrogen) atoms. The Bertz CT molecular complexity index is 3050. The van der Waals surface area contributed by atoms with E-state index in [2.05, 4.69) is 77.5 Å². The van der Waals surface area contributed by atoms with E-state index in [1.807, 2.05) is 91.0 Å². The van der Waals surface area contributed by atoms with Crippen LogP contribution < -0.4 is 8.43 Å². The molecule has 1 N–H and O–H groups in total. The SMILES string of the molecule is CSN(c1ccc2nc(-c3ccccc3)c(-c3ccc(-c4ccc(SNc5ccc6nc(-c7ccccc7)c(-c7ccccc7)nc6c5)cc4)cc3)nc2c1)S(C)(=O)=O. The van der Waals surface area contributed by atoms with Crippen LogP contribution in [0.2, 0.25) is 0 Å². The first kappa shape index (κ1) is 38.0. The summed E-state index contributed by atoms with van der Waals surface area (Å²) in [4.78, 5) is 21.4. The van der Waals surface area contributed by atoms with Gasteiger partial charge in [-0.05, 0) is 83.6 Å². The molecule has 0 spiro atoms. The van der Waals surface area contributed by atoms with Crippen molar-refractivity contribution in [1.29, 1.82) is 0 Å². The second kappa shape index (κ2) is 16.4. The van der Waals surface area contributed by atoms with Gasteiger partial charge in [-0.2, -0.15) is 0 Å². The van der Waals surface area contributed by atoms with E-state index in [-0.39, 0.29) is 0 Å². The van der Waals surface area contributed by atoms with Crippen molar-refractivity contribution in [3.05, 3.63) is 176 Å². The minimum absolute atomic E-state index is 0.522. The number of fused-ring (bicyclic) bond motifs is 2. The van der Waals surface area contributed by atoms with Crippen molar-refractivity contribution >= 4 is 67.4 Å². The van der Waals surface area contributed by atoms with E-state index in [1.165, 1.54) is 9.97 Å². The molecule has 7 aromatic carbocycles. The van der Waals surface area contributed by atoms with E-state index in [4.69, 9.17) is 19.9 Å². The number of sulfonamides is 1. The van der Waals surface area contributed by atoms with Crippen LogP contribution in [0.15, 0.2) is 181 Å². The summed E-state index contributed by atoms with van der Waals surface area (Å²) in [5, 5.41) is 0. The lowest BCUT2D eigenvalue weighted by Crippen LogP contribution is -2.21. The number of nitrogens with zero attached hydrogens (tertiary/aromatic N) is 5. The van der Waals surface area contributed by atoms with E-state index in [1.54, 1.807) is 30.3 Å². The smallest absolute Gasteiger partial charge is 0.241 e. The number of anilines is 2. The highest BCUT2D eigenvalue weighted by atomic mass is 32.3. The van der Waals surface area contributed by atoms with Crippen molar-refractivity contribution < 1.29 is 8.42 Å². The standard InChI is InChI=1S/C48H36N6O2S3/c1-57-54(59(2,55)56)39-25-29-42-44(31-39)52-48(46(50-42)35-14-8-4-9-15-35)37-20-18-32(19-21-37)33-22-26-40(27-23-33)58-53-38-24-28-41-43(30-38)51-47(36-16-10-5-11-17-36)45(49-41)34-12-6-3-7-13-34/h3-31,53H,1-2H3. The van der Waals surface area contributed by atoms with Gasteiger partial charge in [-0.25, -0.2) is 32.1 Å². The highest BCUT2D eigenvalue weighted by Crippen LogP contribution is 2.36. The van der Waals surface area contributed by atoms with Crippen molar-refractivity contribution in [1.82, 2.24) is 19.9 Å². The third kappa shape index (κ3) is 8.13. The molecule has 2 aromatic heterocycles. The maximum atomic E-state index is 12.5. The number of benzene rings is 7. The van der Waals surface area contributed by atoms with E-state index in [0.29, 0.717) is 22.4 Å². The van der Waals surface area contributed by atoms with Crippen LogP contribution in [0.4, 0.5) is 11.4 Å². The number of hydrogen-bond donors (Lipinski definition) is 1. The zero-order chi connectivity index (χ0) is 40.3. The second-order valence-electron chi connectivity index (χ2n) is 13.8. The molecule has 9 rings (SSSR count). The van der Waals surface area contributed by atoms with Gasteiger partial charge >= 0.3 is 0 Å². The first-order valence-corrected chi connectivity index (χ1v) is 22.6. The van der Waals surface area contributed by atoms with Crippen molar-refractivity contribution in [2.75, 3.05) is 20.9 Å². The number of aromatic nitrogens is 4. The summed E-state index contributed by atoms with van der Waals surface area (Å²) >= 11 is 2.67. The molecule has 0 aliphatic rings. The summed E-state index contributed by atoms with van der Waals surface area (Å²) < 4.78 is 29.7. The second-order valence-corrected chi connectivity index (χ2v) is 17.5. The zero-order valence-corrected chi connectivity index (χ0v) is 34.5. The van der Waals surface area contributed by atoms with Crippen molar-refractivity contribution in [2.45, 2.75) is 4.90 Å². The van der Waals surface area contributed by atoms with Gasteiger partial charge in [0.15, 0.2) is 0 Å². The molecule has 0 unspecified atom stereocenters. The summed E-state index contributed by atoms with van der Waals surface area (Å²) in [6.45, 7) is 0. The predicted molar refractivity (Wildman–Crippen MR) is 247 cm³/mol. The molecule has 0 aliphatic carbocycles. The third-order valence-electron chi connectivity index (χ3n) is 9.76. The van der Waals surface area contributed by atoms with Crippen LogP contribution in [-0.2, 0) is 10.0 Å². The maximum absolute atomic E-state index is 12.5. The summed E-state index contributed by atoms with van der Waals surface area (Å²) in [7, 11) is -3.49. The van der Waals surface area contributed by atoms with E-state index < -0.39 is 10.0 Å². The first-order valence-electron chi connectivity index (χ1n) is 18.8. The molecular weight excluding hydrogens is 789 g/mol. The molecule has 0 saturated heterocycles. The molecule has 0 atom stereocenters. The molecule has 0 saturated carbocycles. The zero-order valence-electron chi connectivity index (χ0n) is 32.0. The quantitative estimate of drug-likeness (QED) is 0.128. The predicted octanol–water partition coefficient (Wildman–Crippen LogP) is 12.1. The molecular formula is C48H36N6O2S3. The highest BCUT2D eigenvalue weighted by molar-refractivity contribution is 8.14. The number of hydrogen-bond acceptors (Lipinski definition) is 9. The first-order chi connectivity index (χ1) is 28.8. The monoisotopic (exact) mass is 824 g/mol. The van der Waals surface area contributed by atoms with Crippen LogP contribution in [-0.4, -0.2) is 40.9 Å².